The van der Waals surface area contributed by atoms with Crippen LogP contribution in [0.25, 0.3) is 0 Å². The van der Waals surface area contributed by atoms with Crippen LogP contribution in [0.3, 0.4) is 0 Å². The first-order valence-corrected chi connectivity index (χ1v) is 8.03. The average Bonchev–Trinajstić information content (AvgIpc) is 2.41. The van der Waals surface area contributed by atoms with Crippen molar-refractivity contribution < 1.29 is 0 Å². The molecule has 0 saturated carbocycles. The van der Waals surface area contributed by atoms with Crippen molar-refractivity contribution >= 4 is 49.1 Å². The Morgan fingerprint density at radius 2 is 1.68 bits per heavy atom. The van der Waals surface area contributed by atoms with Crippen LogP contribution in [0.15, 0.2) is 51.4 Å². The summed E-state index contributed by atoms with van der Waals surface area (Å²) < 4.78 is 2.11. The molecule has 0 amide bonds. The summed E-state index contributed by atoms with van der Waals surface area (Å²) in [4.78, 5) is 0. The zero-order valence-electron chi connectivity index (χ0n) is 10.5. The van der Waals surface area contributed by atoms with Crippen LogP contribution in [-0.2, 0) is 0 Å². The van der Waals surface area contributed by atoms with E-state index in [-0.39, 0.29) is 6.04 Å². The summed E-state index contributed by atoms with van der Waals surface area (Å²) in [6.07, 6.45) is 0.991. The van der Waals surface area contributed by atoms with Crippen molar-refractivity contribution in [1.29, 1.82) is 0 Å². The molecule has 0 aliphatic rings. The fourth-order valence-electron chi connectivity index (χ4n) is 1.91. The van der Waals surface area contributed by atoms with Gasteiger partial charge in [-0.3, -0.25) is 0 Å². The van der Waals surface area contributed by atoms with Gasteiger partial charge < -0.3 is 5.32 Å². The van der Waals surface area contributed by atoms with E-state index in [1.165, 1.54) is 5.56 Å². The minimum Gasteiger partial charge on any atom is -0.377 e. The molecule has 19 heavy (non-hydrogen) atoms. The maximum Gasteiger partial charge on any atom is 0.0638 e. The summed E-state index contributed by atoms with van der Waals surface area (Å²) in [5.74, 6) is 0. The predicted octanol–water partition coefficient (Wildman–Crippen LogP) is 6.43. The summed E-state index contributed by atoms with van der Waals surface area (Å²) in [5, 5.41) is 4.23. The van der Waals surface area contributed by atoms with Gasteiger partial charge in [0.1, 0.15) is 0 Å². The van der Waals surface area contributed by atoms with E-state index in [0.717, 1.165) is 26.1 Å². The first kappa shape index (κ1) is 14.9. The molecule has 0 spiro atoms. The van der Waals surface area contributed by atoms with E-state index in [2.05, 4.69) is 68.4 Å². The largest absolute Gasteiger partial charge is 0.377 e. The van der Waals surface area contributed by atoms with Gasteiger partial charge in [-0.25, -0.2) is 0 Å². The molecule has 100 valence electrons. The third kappa shape index (κ3) is 3.98. The van der Waals surface area contributed by atoms with E-state index in [4.69, 9.17) is 11.6 Å². The Bertz CT molecular complexity index is 555. The zero-order chi connectivity index (χ0) is 13.8. The highest BCUT2D eigenvalue weighted by Gasteiger charge is 2.11. The Labute approximate surface area is 135 Å². The van der Waals surface area contributed by atoms with Gasteiger partial charge in [0, 0.05) is 8.95 Å². The van der Waals surface area contributed by atoms with Crippen LogP contribution in [0.1, 0.15) is 24.9 Å². The van der Waals surface area contributed by atoms with E-state index >= 15 is 0 Å². The molecule has 0 aliphatic heterocycles. The molecule has 0 fully saturated rings. The molecule has 0 radical (unpaired) electrons. The average molecular weight is 404 g/mol. The molecule has 2 aromatic carbocycles. The highest BCUT2D eigenvalue weighted by atomic mass is 79.9. The minimum atomic E-state index is 0.250. The SMILES string of the molecule is CCC(Nc1cc(Br)ccc1Cl)c1ccc(Br)cc1. The van der Waals surface area contributed by atoms with Crippen LogP contribution in [0.5, 0.6) is 0 Å². The first-order valence-electron chi connectivity index (χ1n) is 6.07. The quantitative estimate of drug-likeness (QED) is 0.620. The molecule has 2 aromatic rings. The lowest BCUT2D eigenvalue weighted by Gasteiger charge is -2.20. The highest BCUT2D eigenvalue weighted by Crippen LogP contribution is 2.30. The molecule has 1 N–H and O–H groups in total. The lowest BCUT2D eigenvalue weighted by Crippen LogP contribution is -2.09. The number of anilines is 1. The highest BCUT2D eigenvalue weighted by molar-refractivity contribution is 9.10. The second-order valence-corrected chi connectivity index (χ2v) is 6.52. The number of hydrogen-bond acceptors (Lipinski definition) is 1. The monoisotopic (exact) mass is 401 g/mol. The fraction of sp³-hybridized carbons (Fsp3) is 0.200. The van der Waals surface area contributed by atoms with Gasteiger partial charge in [-0.05, 0) is 42.3 Å². The summed E-state index contributed by atoms with van der Waals surface area (Å²) in [6, 6.07) is 14.4. The molecule has 0 aromatic heterocycles. The van der Waals surface area contributed by atoms with Crippen LogP contribution < -0.4 is 5.32 Å². The molecule has 0 heterocycles. The second kappa shape index (κ2) is 6.78. The van der Waals surface area contributed by atoms with Crippen LogP contribution in [0, 0.1) is 0 Å². The Hall–Kier alpha value is -0.510. The van der Waals surface area contributed by atoms with Crippen LogP contribution in [0.2, 0.25) is 5.02 Å². The van der Waals surface area contributed by atoms with Gasteiger partial charge in [-0.1, -0.05) is 62.5 Å². The van der Waals surface area contributed by atoms with Crippen molar-refractivity contribution in [1.82, 2.24) is 0 Å². The van der Waals surface area contributed by atoms with E-state index in [1.807, 2.05) is 18.2 Å². The lowest BCUT2D eigenvalue weighted by atomic mass is 10.0. The third-order valence-corrected chi connectivity index (χ3v) is 4.29. The maximum atomic E-state index is 6.22. The van der Waals surface area contributed by atoms with Crippen LogP contribution >= 0.6 is 43.5 Å². The van der Waals surface area contributed by atoms with Crippen LogP contribution in [0.4, 0.5) is 5.69 Å². The van der Waals surface area contributed by atoms with E-state index in [9.17, 15) is 0 Å². The van der Waals surface area contributed by atoms with Gasteiger partial charge in [-0.15, -0.1) is 0 Å². The van der Waals surface area contributed by atoms with Crippen LogP contribution in [-0.4, -0.2) is 0 Å². The first-order chi connectivity index (χ1) is 9.10. The number of rotatable bonds is 4. The van der Waals surface area contributed by atoms with Gasteiger partial charge in [0.25, 0.3) is 0 Å². The molecular weight excluding hydrogens is 389 g/mol. The topological polar surface area (TPSA) is 12.0 Å². The number of nitrogens with one attached hydrogen (secondary N) is 1. The molecule has 0 saturated heterocycles. The molecular formula is C15H14Br2ClN. The van der Waals surface area contributed by atoms with Crippen molar-refractivity contribution in [3.8, 4) is 0 Å². The van der Waals surface area contributed by atoms with E-state index < -0.39 is 0 Å². The Morgan fingerprint density at radius 1 is 1.05 bits per heavy atom. The van der Waals surface area contributed by atoms with Crippen molar-refractivity contribution in [3.63, 3.8) is 0 Å². The molecule has 0 aliphatic carbocycles. The molecule has 4 heteroatoms. The van der Waals surface area contributed by atoms with E-state index in [0.29, 0.717) is 0 Å². The summed E-state index contributed by atoms with van der Waals surface area (Å²) in [6.45, 7) is 2.16. The molecule has 0 bridgehead atoms. The summed E-state index contributed by atoms with van der Waals surface area (Å²) in [7, 11) is 0. The summed E-state index contributed by atoms with van der Waals surface area (Å²) >= 11 is 13.1. The van der Waals surface area contributed by atoms with Gasteiger partial charge in [0.15, 0.2) is 0 Å². The molecule has 1 nitrogen and oxygen atoms in total. The maximum absolute atomic E-state index is 6.22. The standard InChI is InChI=1S/C15H14Br2ClN/c1-2-14(10-3-5-11(16)6-4-10)19-15-9-12(17)7-8-13(15)18/h3-9,14,19H,2H2,1H3. The fourth-order valence-corrected chi connectivity index (χ4v) is 2.71. The van der Waals surface area contributed by atoms with Gasteiger partial charge in [-0.2, -0.15) is 0 Å². The number of benzene rings is 2. The van der Waals surface area contributed by atoms with Crippen molar-refractivity contribution in [2.75, 3.05) is 5.32 Å². The third-order valence-electron chi connectivity index (χ3n) is 2.94. The Kier molecular flexibility index (Phi) is 5.31. The smallest absolute Gasteiger partial charge is 0.0638 e. The van der Waals surface area contributed by atoms with Gasteiger partial charge in [0.2, 0.25) is 0 Å². The van der Waals surface area contributed by atoms with Gasteiger partial charge >= 0.3 is 0 Å². The van der Waals surface area contributed by atoms with Crippen molar-refractivity contribution in [2.45, 2.75) is 19.4 Å². The molecule has 1 atom stereocenters. The molecule has 2 rings (SSSR count). The number of halogens is 3. The minimum absolute atomic E-state index is 0.250. The summed E-state index contributed by atoms with van der Waals surface area (Å²) in [5.41, 5.74) is 2.20. The van der Waals surface area contributed by atoms with Crippen molar-refractivity contribution in [3.05, 3.63) is 62.0 Å². The zero-order valence-corrected chi connectivity index (χ0v) is 14.4. The second-order valence-electron chi connectivity index (χ2n) is 4.28. The number of hydrogen-bond donors (Lipinski definition) is 1. The Balaban J connectivity index is 2.23. The van der Waals surface area contributed by atoms with E-state index in [1.54, 1.807) is 0 Å². The predicted molar refractivity (Wildman–Crippen MR) is 89.9 cm³/mol. The molecule has 1 unspecified atom stereocenters. The Morgan fingerprint density at radius 3 is 2.32 bits per heavy atom. The normalized spacial score (nSPS) is 12.2. The lowest BCUT2D eigenvalue weighted by molar-refractivity contribution is 0.749. The van der Waals surface area contributed by atoms with Gasteiger partial charge in [0.05, 0.1) is 16.8 Å². The van der Waals surface area contributed by atoms with Crippen molar-refractivity contribution in [2.24, 2.45) is 0 Å².